The maximum absolute atomic E-state index is 14.2. The van der Waals surface area contributed by atoms with E-state index in [-0.39, 0.29) is 25.3 Å². The number of benzene rings is 2. The van der Waals surface area contributed by atoms with Gasteiger partial charge in [-0.2, -0.15) is 4.31 Å². The standard InChI is InChI=1S/C22H23FN2O5S/c1-4-25(5-2)31(27,28)20-13-17(11-12-18(20)23)22(26)29-14-19-15(3)30-21(24-19)16-9-7-6-8-10-16/h6-13H,4-5,14H2,1-3H3. The van der Waals surface area contributed by atoms with E-state index in [4.69, 9.17) is 9.15 Å². The normalized spacial score (nSPS) is 11.6. The predicted molar refractivity (Wildman–Crippen MR) is 112 cm³/mol. The van der Waals surface area contributed by atoms with Crippen LogP contribution in [0.4, 0.5) is 4.39 Å². The summed E-state index contributed by atoms with van der Waals surface area (Å²) in [5, 5.41) is 0. The molecule has 0 N–H and O–H groups in total. The number of oxazole rings is 1. The van der Waals surface area contributed by atoms with Gasteiger partial charge in [-0.05, 0) is 37.3 Å². The van der Waals surface area contributed by atoms with Crippen molar-refractivity contribution >= 4 is 16.0 Å². The van der Waals surface area contributed by atoms with Gasteiger partial charge in [0.25, 0.3) is 0 Å². The summed E-state index contributed by atoms with van der Waals surface area (Å²) in [6.45, 7) is 5.21. The van der Waals surface area contributed by atoms with Crippen molar-refractivity contribution in [2.45, 2.75) is 32.3 Å². The number of esters is 1. The molecule has 0 saturated heterocycles. The minimum atomic E-state index is -4.07. The molecule has 164 valence electrons. The highest BCUT2D eigenvalue weighted by Gasteiger charge is 2.27. The van der Waals surface area contributed by atoms with Gasteiger partial charge in [-0.3, -0.25) is 0 Å². The number of halogens is 1. The smallest absolute Gasteiger partial charge is 0.338 e. The van der Waals surface area contributed by atoms with E-state index in [1.165, 1.54) is 6.07 Å². The average molecular weight is 447 g/mol. The minimum absolute atomic E-state index is 0.0726. The summed E-state index contributed by atoms with van der Waals surface area (Å²) in [6, 6.07) is 12.4. The zero-order valence-corrected chi connectivity index (χ0v) is 18.3. The first-order valence-corrected chi connectivity index (χ1v) is 11.2. The molecule has 0 unspecified atom stereocenters. The highest BCUT2D eigenvalue weighted by Crippen LogP contribution is 2.23. The van der Waals surface area contributed by atoms with Gasteiger partial charge < -0.3 is 9.15 Å². The number of hydrogen-bond donors (Lipinski definition) is 0. The molecular weight excluding hydrogens is 423 g/mol. The third kappa shape index (κ3) is 4.83. The molecule has 0 atom stereocenters. The van der Waals surface area contributed by atoms with E-state index in [1.807, 2.05) is 30.3 Å². The van der Waals surface area contributed by atoms with Crippen molar-refractivity contribution in [3.8, 4) is 11.5 Å². The van der Waals surface area contributed by atoms with Crippen LogP contribution in [0.3, 0.4) is 0 Å². The number of aryl methyl sites for hydroxylation is 1. The maximum atomic E-state index is 14.2. The van der Waals surface area contributed by atoms with Crippen molar-refractivity contribution in [2.24, 2.45) is 0 Å². The van der Waals surface area contributed by atoms with Gasteiger partial charge in [0.1, 0.15) is 28.8 Å². The number of carbonyl (C=O) groups excluding carboxylic acids is 1. The number of rotatable bonds is 8. The number of carbonyl (C=O) groups is 1. The summed E-state index contributed by atoms with van der Waals surface area (Å²) < 4.78 is 51.6. The summed E-state index contributed by atoms with van der Waals surface area (Å²) in [6.07, 6.45) is 0. The van der Waals surface area contributed by atoms with Crippen LogP contribution >= 0.6 is 0 Å². The predicted octanol–water partition coefficient (Wildman–Crippen LogP) is 4.18. The number of ether oxygens (including phenoxy) is 1. The van der Waals surface area contributed by atoms with Crippen molar-refractivity contribution in [3.63, 3.8) is 0 Å². The SMILES string of the molecule is CCN(CC)S(=O)(=O)c1cc(C(=O)OCc2nc(-c3ccccc3)oc2C)ccc1F. The molecule has 0 radical (unpaired) electrons. The lowest BCUT2D eigenvalue weighted by Crippen LogP contribution is -2.31. The van der Waals surface area contributed by atoms with E-state index in [9.17, 15) is 17.6 Å². The Kier molecular flexibility index (Phi) is 6.87. The average Bonchev–Trinajstić information content (AvgIpc) is 3.14. The fourth-order valence-electron chi connectivity index (χ4n) is 3.01. The van der Waals surface area contributed by atoms with Gasteiger partial charge in [0, 0.05) is 18.7 Å². The van der Waals surface area contributed by atoms with Crippen LogP contribution in [0, 0.1) is 12.7 Å². The van der Waals surface area contributed by atoms with Gasteiger partial charge >= 0.3 is 5.97 Å². The molecule has 0 aliphatic heterocycles. The molecule has 0 aliphatic carbocycles. The summed E-state index contributed by atoms with van der Waals surface area (Å²) in [7, 11) is -4.07. The van der Waals surface area contributed by atoms with Gasteiger partial charge in [-0.1, -0.05) is 32.0 Å². The first kappa shape index (κ1) is 22.6. The van der Waals surface area contributed by atoms with Crippen molar-refractivity contribution in [1.29, 1.82) is 0 Å². The van der Waals surface area contributed by atoms with Crippen molar-refractivity contribution in [1.82, 2.24) is 9.29 Å². The lowest BCUT2D eigenvalue weighted by molar-refractivity contribution is 0.0466. The van der Waals surface area contributed by atoms with Gasteiger partial charge in [-0.15, -0.1) is 0 Å². The van der Waals surface area contributed by atoms with Crippen LogP contribution in [0.15, 0.2) is 57.8 Å². The second-order valence-corrected chi connectivity index (χ2v) is 8.60. The first-order valence-electron chi connectivity index (χ1n) is 9.76. The lowest BCUT2D eigenvalue weighted by atomic mass is 10.2. The quantitative estimate of drug-likeness (QED) is 0.482. The van der Waals surface area contributed by atoms with Crippen LogP contribution in [0.25, 0.3) is 11.5 Å². The van der Waals surface area contributed by atoms with E-state index in [1.54, 1.807) is 20.8 Å². The molecule has 0 amide bonds. The molecule has 7 nitrogen and oxygen atoms in total. The van der Waals surface area contributed by atoms with Crippen LogP contribution in [0.5, 0.6) is 0 Å². The molecule has 0 spiro atoms. The van der Waals surface area contributed by atoms with Crippen molar-refractivity contribution in [2.75, 3.05) is 13.1 Å². The summed E-state index contributed by atoms with van der Waals surface area (Å²) in [5.41, 5.74) is 1.15. The second-order valence-electron chi connectivity index (χ2n) is 6.70. The van der Waals surface area contributed by atoms with E-state index >= 15 is 0 Å². The molecule has 0 aliphatic rings. The Labute approximate surface area is 180 Å². The highest BCUT2D eigenvalue weighted by molar-refractivity contribution is 7.89. The van der Waals surface area contributed by atoms with Crippen LogP contribution in [0.1, 0.15) is 35.7 Å². The van der Waals surface area contributed by atoms with Gasteiger partial charge in [0.2, 0.25) is 15.9 Å². The van der Waals surface area contributed by atoms with Crippen LogP contribution < -0.4 is 0 Å². The summed E-state index contributed by atoms with van der Waals surface area (Å²) >= 11 is 0. The molecule has 0 bridgehead atoms. The lowest BCUT2D eigenvalue weighted by Gasteiger charge is -2.19. The number of nitrogens with zero attached hydrogens (tertiary/aromatic N) is 2. The Morgan fingerprint density at radius 3 is 2.45 bits per heavy atom. The molecule has 2 aromatic carbocycles. The van der Waals surface area contributed by atoms with E-state index in [0.29, 0.717) is 17.3 Å². The van der Waals surface area contributed by atoms with Crippen molar-refractivity contribution in [3.05, 3.63) is 71.4 Å². The molecule has 3 rings (SSSR count). The Bertz CT molecular complexity index is 1170. The maximum Gasteiger partial charge on any atom is 0.338 e. The van der Waals surface area contributed by atoms with Crippen LogP contribution in [0.2, 0.25) is 0 Å². The molecular formula is C22H23FN2O5S. The largest absolute Gasteiger partial charge is 0.455 e. The monoisotopic (exact) mass is 446 g/mol. The van der Waals surface area contributed by atoms with E-state index in [2.05, 4.69) is 4.98 Å². The Morgan fingerprint density at radius 1 is 1.13 bits per heavy atom. The molecule has 31 heavy (non-hydrogen) atoms. The van der Waals surface area contributed by atoms with Gasteiger partial charge in [0.15, 0.2) is 0 Å². The zero-order chi connectivity index (χ0) is 22.6. The third-order valence-corrected chi connectivity index (χ3v) is 6.81. The summed E-state index contributed by atoms with van der Waals surface area (Å²) in [5.74, 6) is -0.822. The van der Waals surface area contributed by atoms with Crippen LogP contribution in [-0.4, -0.2) is 36.8 Å². The molecule has 0 saturated carbocycles. The Hall–Kier alpha value is -3.04. The number of aromatic nitrogens is 1. The molecule has 1 aromatic heterocycles. The Morgan fingerprint density at radius 2 is 1.81 bits per heavy atom. The topological polar surface area (TPSA) is 89.7 Å². The molecule has 1 heterocycles. The first-order chi connectivity index (χ1) is 14.8. The zero-order valence-electron chi connectivity index (χ0n) is 17.5. The second kappa shape index (κ2) is 9.40. The molecule has 9 heteroatoms. The molecule has 3 aromatic rings. The van der Waals surface area contributed by atoms with Crippen molar-refractivity contribution < 1.29 is 26.8 Å². The third-order valence-electron chi connectivity index (χ3n) is 4.74. The molecule has 0 fully saturated rings. The fourth-order valence-corrected chi connectivity index (χ4v) is 4.56. The van der Waals surface area contributed by atoms with Crippen LogP contribution in [-0.2, 0) is 21.4 Å². The van der Waals surface area contributed by atoms with E-state index < -0.39 is 26.7 Å². The minimum Gasteiger partial charge on any atom is -0.455 e. The number of hydrogen-bond acceptors (Lipinski definition) is 6. The highest BCUT2D eigenvalue weighted by atomic mass is 32.2. The summed E-state index contributed by atoms with van der Waals surface area (Å²) in [4.78, 5) is 16.3. The van der Waals surface area contributed by atoms with Gasteiger partial charge in [0.05, 0.1) is 5.56 Å². The fraction of sp³-hybridized carbons (Fsp3) is 0.273. The van der Waals surface area contributed by atoms with Gasteiger partial charge in [-0.25, -0.2) is 22.6 Å². The Balaban J connectivity index is 1.78. The van der Waals surface area contributed by atoms with E-state index in [0.717, 1.165) is 22.0 Å². The number of sulfonamides is 1.